The van der Waals surface area contributed by atoms with Crippen molar-refractivity contribution in [1.82, 2.24) is 5.32 Å². The molecule has 3 N–H and O–H groups in total. The highest BCUT2D eigenvalue weighted by atomic mass is 14.9. The Labute approximate surface area is 107 Å². The first kappa shape index (κ1) is 13.4. The second-order valence-electron chi connectivity index (χ2n) is 6.58. The standard InChI is InChI=1S/C15H30N2/c1-2-14(7-3-4-8-14)12-17-13-15(11-16)9-5-6-10-15/h17H,2-13,16H2,1H3. The van der Waals surface area contributed by atoms with Crippen molar-refractivity contribution in [3.05, 3.63) is 0 Å². The lowest BCUT2D eigenvalue weighted by Gasteiger charge is -2.32. The number of nitrogens with two attached hydrogens (primary N) is 1. The van der Waals surface area contributed by atoms with Crippen molar-refractivity contribution in [3.8, 4) is 0 Å². The highest BCUT2D eigenvalue weighted by Gasteiger charge is 2.35. The molecule has 2 heteroatoms. The van der Waals surface area contributed by atoms with Crippen LogP contribution in [0.15, 0.2) is 0 Å². The number of hydrogen-bond acceptors (Lipinski definition) is 2. The highest BCUT2D eigenvalue weighted by molar-refractivity contribution is 4.90. The smallest absolute Gasteiger partial charge is 0.00201 e. The van der Waals surface area contributed by atoms with Gasteiger partial charge >= 0.3 is 0 Å². The largest absolute Gasteiger partial charge is 0.330 e. The van der Waals surface area contributed by atoms with Crippen LogP contribution in [0.5, 0.6) is 0 Å². The summed E-state index contributed by atoms with van der Waals surface area (Å²) in [6.07, 6.45) is 12.6. The fourth-order valence-corrected chi connectivity index (χ4v) is 3.95. The van der Waals surface area contributed by atoms with E-state index in [1.165, 1.54) is 64.3 Å². The van der Waals surface area contributed by atoms with Gasteiger partial charge in [0.1, 0.15) is 0 Å². The van der Waals surface area contributed by atoms with Crippen LogP contribution in [0.25, 0.3) is 0 Å². The van der Waals surface area contributed by atoms with Crippen LogP contribution < -0.4 is 11.1 Å². The Morgan fingerprint density at radius 1 is 0.882 bits per heavy atom. The van der Waals surface area contributed by atoms with E-state index < -0.39 is 0 Å². The lowest BCUT2D eigenvalue weighted by atomic mass is 9.82. The molecule has 0 saturated heterocycles. The summed E-state index contributed by atoms with van der Waals surface area (Å²) >= 11 is 0. The summed E-state index contributed by atoms with van der Waals surface area (Å²) in [6.45, 7) is 5.62. The minimum absolute atomic E-state index is 0.438. The molecule has 0 aliphatic heterocycles. The molecule has 2 nitrogen and oxygen atoms in total. The molecular formula is C15H30N2. The van der Waals surface area contributed by atoms with E-state index in [0.717, 1.165) is 13.1 Å². The molecule has 17 heavy (non-hydrogen) atoms. The molecule has 0 aromatic heterocycles. The normalized spacial score (nSPS) is 26.5. The first-order chi connectivity index (χ1) is 8.24. The molecule has 0 atom stereocenters. The maximum absolute atomic E-state index is 5.99. The number of hydrogen-bond donors (Lipinski definition) is 2. The molecule has 0 heterocycles. The maximum Gasteiger partial charge on any atom is 0.00201 e. The molecular weight excluding hydrogens is 208 g/mol. The van der Waals surface area contributed by atoms with Gasteiger partial charge in [0.15, 0.2) is 0 Å². The molecule has 0 spiro atoms. The van der Waals surface area contributed by atoms with E-state index in [0.29, 0.717) is 10.8 Å². The van der Waals surface area contributed by atoms with Gasteiger partial charge in [-0.25, -0.2) is 0 Å². The van der Waals surface area contributed by atoms with Crippen molar-refractivity contribution >= 4 is 0 Å². The van der Waals surface area contributed by atoms with Crippen LogP contribution >= 0.6 is 0 Å². The molecule has 2 saturated carbocycles. The van der Waals surface area contributed by atoms with E-state index in [1.54, 1.807) is 0 Å². The fourth-order valence-electron chi connectivity index (χ4n) is 3.95. The SMILES string of the molecule is CCC1(CNCC2(CN)CCCC2)CCCC1. The summed E-state index contributed by atoms with van der Waals surface area (Å²) in [6, 6.07) is 0. The van der Waals surface area contributed by atoms with Gasteiger partial charge in [0.25, 0.3) is 0 Å². The average Bonchev–Trinajstić information content (AvgIpc) is 2.99. The lowest BCUT2D eigenvalue weighted by molar-refractivity contribution is 0.230. The third kappa shape index (κ3) is 3.03. The predicted molar refractivity (Wildman–Crippen MR) is 74.0 cm³/mol. The molecule has 2 rings (SSSR count). The summed E-state index contributed by atoms with van der Waals surface area (Å²) in [4.78, 5) is 0. The monoisotopic (exact) mass is 238 g/mol. The Hall–Kier alpha value is -0.0800. The fraction of sp³-hybridized carbons (Fsp3) is 1.00. The molecule has 0 bridgehead atoms. The van der Waals surface area contributed by atoms with E-state index in [-0.39, 0.29) is 0 Å². The van der Waals surface area contributed by atoms with Crippen molar-refractivity contribution in [1.29, 1.82) is 0 Å². The molecule has 0 radical (unpaired) electrons. The average molecular weight is 238 g/mol. The van der Waals surface area contributed by atoms with Gasteiger partial charge in [0.05, 0.1) is 0 Å². The van der Waals surface area contributed by atoms with Gasteiger partial charge in [0, 0.05) is 13.1 Å². The van der Waals surface area contributed by atoms with Crippen molar-refractivity contribution in [3.63, 3.8) is 0 Å². The van der Waals surface area contributed by atoms with Gasteiger partial charge in [-0.05, 0) is 49.5 Å². The summed E-state index contributed by atoms with van der Waals surface area (Å²) in [5.41, 5.74) is 7.05. The Morgan fingerprint density at radius 3 is 1.82 bits per heavy atom. The first-order valence-electron chi connectivity index (χ1n) is 7.65. The van der Waals surface area contributed by atoms with E-state index in [2.05, 4.69) is 12.2 Å². The summed E-state index contributed by atoms with van der Waals surface area (Å²) in [5, 5.41) is 3.77. The van der Waals surface area contributed by atoms with E-state index in [4.69, 9.17) is 5.73 Å². The third-order valence-electron chi connectivity index (χ3n) is 5.51. The lowest BCUT2D eigenvalue weighted by Crippen LogP contribution is -2.42. The number of rotatable bonds is 6. The quantitative estimate of drug-likeness (QED) is 0.746. The van der Waals surface area contributed by atoms with Crippen LogP contribution in [-0.4, -0.2) is 19.6 Å². The Bertz CT molecular complexity index is 201. The van der Waals surface area contributed by atoms with Gasteiger partial charge < -0.3 is 11.1 Å². The van der Waals surface area contributed by atoms with Crippen LogP contribution in [0.2, 0.25) is 0 Å². The predicted octanol–water partition coefficient (Wildman–Crippen LogP) is 3.07. The zero-order chi connectivity index (χ0) is 12.2. The molecule has 2 fully saturated rings. The van der Waals surface area contributed by atoms with Crippen LogP contribution in [0, 0.1) is 10.8 Å². The molecule has 2 aliphatic rings. The van der Waals surface area contributed by atoms with E-state index in [9.17, 15) is 0 Å². The number of nitrogens with one attached hydrogen (secondary N) is 1. The van der Waals surface area contributed by atoms with Crippen LogP contribution in [0.4, 0.5) is 0 Å². The second kappa shape index (κ2) is 5.71. The zero-order valence-electron chi connectivity index (χ0n) is 11.6. The maximum atomic E-state index is 5.99. The third-order valence-corrected chi connectivity index (χ3v) is 5.51. The summed E-state index contributed by atoms with van der Waals surface area (Å²) in [7, 11) is 0. The first-order valence-corrected chi connectivity index (χ1v) is 7.65. The van der Waals surface area contributed by atoms with Gasteiger partial charge in [0.2, 0.25) is 0 Å². The molecule has 100 valence electrons. The summed E-state index contributed by atoms with van der Waals surface area (Å²) < 4.78 is 0. The van der Waals surface area contributed by atoms with E-state index >= 15 is 0 Å². The zero-order valence-corrected chi connectivity index (χ0v) is 11.6. The minimum Gasteiger partial charge on any atom is -0.330 e. The second-order valence-corrected chi connectivity index (χ2v) is 6.58. The van der Waals surface area contributed by atoms with Gasteiger partial charge in [-0.2, -0.15) is 0 Å². The highest BCUT2D eigenvalue weighted by Crippen LogP contribution is 2.41. The minimum atomic E-state index is 0.438. The molecule has 0 aromatic carbocycles. The van der Waals surface area contributed by atoms with Crippen molar-refractivity contribution < 1.29 is 0 Å². The molecule has 0 aromatic rings. The van der Waals surface area contributed by atoms with Crippen molar-refractivity contribution in [2.75, 3.05) is 19.6 Å². The van der Waals surface area contributed by atoms with Crippen LogP contribution in [-0.2, 0) is 0 Å². The van der Waals surface area contributed by atoms with Crippen molar-refractivity contribution in [2.24, 2.45) is 16.6 Å². The van der Waals surface area contributed by atoms with Gasteiger partial charge in [-0.1, -0.05) is 32.6 Å². The molecule has 2 aliphatic carbocycles. The Kier molecular flexibility index (Phi) is 4.48. The summed E-state index contributed by atoms with van der Waals surface area (Å²) in [5.74, 6) is 0. The topological polar surface area (TPSA) is 38.0 Å². The van der Waals surface area contributed by atoms with Crippen LogP contribution in [0.3, 0.4) is 0 Å². The van der Waals surface area contributed by atoms with Crippen LogP contribution in [0.1, 0.15) is 64.7 Å². The van der Waals surface area contributed by atoms with E-state index in [1.807, 2.05) is 0 Å². The van der Waals surface area contributed by atoms with Crippen molar-refractivity contribution in [2.45, 2.75) is 64.7 Å². The van der Waals surface area contributed by atoms with Gasteiger partial charge in [-0.3, -0.25) is 0 Å². The Balaban J connectivity index is 1.78. The molecule has 0 amide bonds. The Morgan fingerprint density at radius 2 is 1.35 bits per heavy atom. The van der Waals surface area contributed by atoms with Gasteiger partial charge in [-0.15, -0.1) is 0 Å². The molecule has 0 unspecified atom stereocenters.